The Hall–Kier alpha value is -1.59. The largest absolute Gasteiger partial charge is 0.494 e. The zero-order valence-electron chi connectivity index (χ0n) is 14.3. The summed E-state index contributed by atoms with van der Waals surface area (Å²) in [5, 5.41) is 3.10. The van der Waals surface area contributed by atoms with Crippen molar-refractivity contribution in [3.05, 3.63) is 30.3 Å². The van der Waals surface area contributed by atoms with E-state index in [4.69, 9.17) is 9.47 Å². The van der Waals surface area contributed by atoms with Crippen molar-refractivity contribution in [2.45, 2.75) is 44.9 Å². The number of nitrogens with zero attached hydrogens (tertiary/aromatic N) is 1. The van der Waals surface area contributed by atoms with Crippen LogP contribution in [0.4, 0.5) is 0 Å². The number of benzene rings is 1. The average molecular weight is 320 g/mol. The van der Waals surface area contributed by atoms with E-state index in [1.165, 1.54) is 0 Å². The monoisotopic (exact) mass is 320 g/mol. The average Bonchev–Trinajstić information content (AvgIpc) is 2.96. The number of nitrogens with one attached hydrogen (secondary N) is 1. The summed E-state index contributed by atoms with van der Waals surface area (Å²) in [6.07, 6.45) is 1.25. The van der Waals surface area contributed by atoms with Crippen LogP contribution in [0.25, 0.3) is 0 Å². The first kappa shape index (κ1) is 17.8. The minimum Gasteiger partial charge on any atom is -0.494 e. The Morgan fingerprint density at radius 2 is 2.04 bits per heavy atom. The molecular weight excluding hydrogens is 292 g/mol. The van der Waals surface area contributed by atoms with E-state index in [1.54, 1.807) is 7.11 Å². The zero-order valence-corrected chi connectivity index (χ0v) is 14.3. The van der Waals surface area contributed by atoms with Crippen LogP contribution in [0.15, 0.2) is 30.3 Å². The van der Waals surface area contributed by atoms with Gasteiger partial charge in [0.25, 0.3) is 0 Å². The van der Waals surface area contributed by atoms with Crippen LogP contribution in [0.1, 0.15) is 26.7 Å². The fraction of sp³-hybridized carbons (Fsp3) is 0.611. The van der Waals surface area contributed by atoms with Crippen molar-refractivity contribution in [1.29, 1.82) is 0 Å². The van der Waals surface area contributed by atoms with Crippen molar-refractivity contribution in [2.24, 2.45) is 0 Å². The van der Waals surface area contributed by atoms with Gasteiger partial charge in [-0.2, -0.15) is 0 Å². The van der Waals surface area contributed by atoms with Crippen LogP contribution in [-0.4, -0.2) is 55.8 Å². The molecule has 1 aliphatic rings. The molecule has 23 heavy (non-hydrogen) atoms. The van der Waals surface area contributed by atoms with E-state index in [0.717, 1.165) is 18.8 Å². The Balaban J connectivity index is 1.68. The molecule has 1 fully saturated rings. The van der Waals surface area contributed by atoms with Gasteiger partial charge in [0.2, 0.25) is 5.91 Å². The quantitative estimate of drug-likeness (QED) is 0.745. The Morgan fingerprint density at radius 1 is 1.30 bits per heavy atom. The molecule has 0 aromatic heterocycles. The molecule has 0 saturated carbocycles. The summed E-state index contributed by atoms with van der Waals surface area (Å²) in [6.45, 7) is 6.60. The molecule has 0 radical (unpaired) electrons. The molecule has 0 spiro atoms. The fourth-order valence-corrected chi connectivity index (χ4v) is 2.82. The molecule has 1 N–H and O–H groups in total. The van der Waals surface area contributed by atoms with Gasteiger partial charge in [-0.1, -0.05) is 18.2 Å². The SMILES string of the molecule is CO[C@@H]1CN(C(C)C)C[C@H]1NC(=O)CCCOc1ccccc1. The normalized spacial score (nSPS) is 21.6. The maximum absolute atomic E-state index is 12.1. The molecule has 0 unspecified atom stereocenters. The Bertz CT molecular complexity index is 478. The second-order valence-electron chi connectivity index (χ2n) is 6.26. The molecule has 5 nitrogen and oxygen atoms in total. The number of likely N-dealkylation sites (tertiary alicyclic amines) is 1. The third-order valence-corrected chi connectivity index (χ3v) is 4.23. The maximum atomic E-state index is 12.1. The lowest BCUT2D eigenvalue weighted by molar-refractivity contribution is -0.122. The first-order valence-electron chi connectivity index (χ1n) is 8.34. The summed E-state index contributed by atoms with van der Waals surface area (Å²) in [5.74, 6) is 0.912. The van der Waals surface area contributed by atoms with Crippen LogP contribution in [0.2, 0.25) is 0 Å². The zero-order chi connectivity index (χ0) is 16.7. The van der Waals surface area contributed by atoms with Gasteiger partial charge < -0.3 is 14.8 Å². The third-order valence-electron chi connectivity index (χ3n) is 4.23. The van der Waals surface area contributed by atoms with E-state index >= 15 is 0 Å². The highest BCUT2D eigenvalue weighted by Crippen LogP contribution is 2.16. The van der Waals surface area contributed by atoms with E-state index in [1.807, 2.05) is 30.3 Å². The number of rotatable bonds is 8. The Morgan fingerprint density at radius 3 is 2.70 bits per heavy atom. The Kier molecular flexibility index (Phi) is 6.86. The highest BCUT2D eigenvalue weighted by atomic mass is 16.5. The van der Waals surface area contributed by atoms with Crippen molar-refractivity contribution in [3.8, 4) is 5.75 Å². The lowest BCUT2D eigenvalue weighted by atomic mass is 10.2. The van der Waals surface area contributed by atoms with E-state index in [0.29, 0.717) is 25.5 Å². The molecule has 1 aromatic carbocycles. The predicted octanol–water partition coefficient (Wildman–Crippen LogP) is 2.07. The minimum absolute atomic E-state index is 0.0688. The van der Waals surface area contributed by atoms with Gasteiger partial charge in [-0.3, -0.25) is 9.69 Å². The predicted molar refractivity (Wildman–Crippen MR) is 90.6 cm³/mol. The van der Waals surface area contributed by atoms with Gasteiger partial charge in [-0.05, 0) is 32.4 Å². The van der Waals surface area contributed by atoms with Gasteiger partial charge in [0.05, 0.1) is 18.8 Å². The molecule has 128 valence electrons. The smallest absolute Gasteiger partial charge is 0.220 e. The van der Waals surface area contributed by atoms with Gasteiger partial charge in [0.1, 0.15) is 5.75 Å². The lowest BCUT2D eigenvalue weighted by Gasteiger charge is -2.20. The number of amides is 1. The minimum atomic E-state index is 0.0688. The van der Waals surface area contributed by atoms with Crippen molar-refractivity contribution in [1.82, 2.24) is 10.2 Å². The molecule has 1 saturated heterocycles. The molecule has 0 bridgehead atoms. The summed E-state index contributed by atoms with van der Waals surface area (Å²) in [5.41, 5.74) is 0. The van der Waals surface area contributed by atoms with Gasteiger partial charge >= 0.3 is 0 Å². The summed E-state index contributed by atoms with van der Waals surface area (Å²) in [6, 6.07) is 10.2. The van der Waals surface area contributed by atoms with Crippen LogP contribution < -0.4 is 10.1 Å². The second kappa shape index (κ2) is 8.89. The van der Waals surface area contributed by atoms with Crippen LogP contribution in [-0.2, 0) is 9.53 Å². The number of hydrogen-bond donors (Lipinski definition) is 1. The highest BCUT2D eigenvalue weighted by molar-refractivity contribution is 5.76. The number of ether oxygens (including phenoxy) is 2. The molecule has 0 aliphatic carbocycles. The molecule has 1 aliphatic heterocycles. The molecule has 1 aromatic rings. The third kappa shape index (κ3) is 5.52. The standard InChI is InChI=1S/C18H28N2O3/c1-14(2)20-12-16(17(13-20)22-3)19-18(21)10-7-11-23-15-8-5-4-6-9-15/h4-6,8-9,14,16-17H,7,10-13H2,1-3H3,(H,19,21)/t16-,17-/m1/s1. The summed E-state index contributed by atoms with van der Waals surface area (Å²) >= 11 is 0. The summed E-state index contributed by atoms with van der Waals surface area (Å²) in [4.78, 5) is 14.4. The number of hydrogen-bond acceptors (Lipinski definition) is 4. The summed E-state index contributed by atoms with van der Waals surface area (Å²) in [7, 11) is 1.71. The lowest BCUT2D eigenvalue weighted by Crippen LogP contribution is -2.43. The number of methoxy groups -OCH3 is 1. The number of carbonyl (C=O) groups is 1. The topological polar surface area (TPSA) is 50.8 Å². The van der Waals surface area contributed by atoms with Gasteiger partial charge in [0.15, 0.2) is 0 Å². The summed E-state index contributed by atoms with van der Waals surface area (Å²) < 4.78 is 11.1. The van der Waals surface area contributed by atoms with Crippen LogP contribution in [0.5, 0.6) is 5.75 Å². The molecule has 1 amide bonds. The van der Waals surface area contributed by atoms with Crippen molar-refractivity contribution in [2.75, 3.05) is 26.8 Å². The Labute approximate surface area is 139 Å². The van der Waals surface area contributed by atoms with E-state index in [-0.39, 0.29) is 18.1 Å². The number of para-hydroxylation sites is 1. The van der Waals surface area contributed by atoms with E-state index in [2.05, 4.69) is 24.1 Å². The molecule has 5 heteroatoms. The van der Waals surface area contributed by atoms with Crippen molar-refractivity contribution >= 4 is 5.91 Å². The van der Waals surface area contributed by atoms with E-state index < -0.39 is 0 Å². The van der Waals surface area contributed by atoms with E-state index in [9.17, 15) is 4.79 Å². The first-order valence-corrected chi connectivity index (χ1v) is 8.34. The van der Waals surface area contributed by atoms with Gasteiger partial charge in [0, 0.05) is 32.7 Å². The first-order chi connectivity index (χ1) is 11.1. The van der Waals surface area contributed by atoms with Crippen molar-refractivity contribution < 1.29 is 14.3 Å². The van der Waals surface area contributed by atoms with Crippen LogP contribution >= 0.6 is 0 Å². The number of carbonyl (C=O) groups excluding carboxylic acids is 1. The van der Waals surface area contributed by atoms with Crippen molar-refractivity contribution in [3.63, 3.8) is 0 Å². The van der Waals surface area contributed by atoms with Crippen LogP contribution in [0.3, 0.4) is 0 Å². The second-order valence-corrected chi connectivity index (χ2v) is 6.26. The van der Waals surface area contributed by atoms with Crippen LogP contribution in [0, 0.1) is 0 Å². The van der Waals surface area contributed by atoms with Gasteiger partial charge in [-0.25, -0.2) is 0 Å². The fourth-order valence-electron chi connectivity index (χ4n) is 2.82. The molecule has 1 heterocycles. The molecular formula is C18H28N2O3. The maximum Gasteiger partial charge on any atom is 0.220 e. The highest BCUT2D eigenvalue weighted by Gasteiger charge is 2.34. The molecule has 2 rings (SSSR count). The van der Waals surface area contributed by atoms with Gasteiger partial charge in [-0.15, -0.1) is 0 Å². The molecule has 2 atom stereocenters.